The molecule has 0 aromatic heterocycles. The summed E-state index contributed by atoms with van der Waals surface area (Å²) in [5.74, 6) is 0.231. The number of aliphatic hydroxyl groups is 1. The van der Waals surface area contributed by atoms with Gasteiger partial charge in [-0.15, -0.1) is 0 Å². The van der Waals surface area contributed by atoms with Crippen LogP contribution >= 0.6 is 0 Å². The molecule has 3 heterocycles. The highest BCUT2D eigenvalue weighted by Gasteiger charge is 2.82. The Morgan fingerprint density at radius 2 is 1.52 bits per heavy atom. The van der Waals surface area contributed by atoms with Crippen LogP contribution in [0.15, 0.2) is 0 Å². The molecular weight excluding hydrogens is 288 g/mol. The smallest absolute Gasteiger partial charge is 0.180 e. The van der Waals surface area contributed by atoms with Gasteiger partial charge in [-0.2, -0.15) is 0 Å². The first-order valence-electron chi connectivity index (χ1n) is 10.3. The summed E-state index contributed by atoms with van der Waals surface area (Å²) in [5, 5.41) is 11.9. The van der Waals surface area contributed by atoms with E-state index in [0.29, 0.717) is 17.8 Å². The van der Waals surface area contributed by atoms with E-state index in [1.165, 1.54) is 57.8 Å². The molecule has 7 fully saturated rings. The van der Waals surface area contributed by atoms with Crippen LogP contribution < -0.4 is 0 Å². The van der Waals surface area contributed by atoms with Crippen LogP contribution in [0.2, 0.25) is 0 Å². The van der Waals surface area contributed by atoms with Crippen LogP contribution in [0.4, 0.5) is 0 Å². The molecule has 23 heavy (non-hydrogen) atoms. The molecular formula is C20H30O3. The quantitative estimate of drug-likeness (QED) is 0.730. The van der Waals surface area contributed by atoms with Crippen LogP contribution in [0.5, 0.6) is 0 Å². The zero-order chi connectivity index (χ0) is 15.3. The van der Waals surface area contributed by atoms with Crippen molar-refractivity contribution in [3.8, 4) is 0 Å². The Morgan fingerprint density at radius 1 is 0.739 bits per heavy atom. The number of ether oxygens (including phenoxy) is 2. The average Bonchev–Trinajstić information content (AvgIpc) is 2.52. The summed E-state index contributed by atoms with van der Waals surface area (Å²) in [4.78, 5) is 0. The van der Waals surface area contributed by atoms with Gasteiger partial charge in [-0.05, 0) is 57.3 Å². The highest BCUT2D eigenvalue weighted by Crippen LogP contribution is 2.77. The fraction of sp³-hybridized carbons (Fsp3) is 1.00. The molecule has 3 aliphatic heterocycles. The first-order chi connectivity index (χ1) is 11.1. The third-order valence-corrected chi connectivity index (χ3v) is 9.01. The van der Waals surface area contributed by atoms with E-state index in [1.807, 2.05) is 0 Å². The molecule has 3 saturated heterocycles. The fourth-order valence-corrected chi connectivity index (χ4v) is 8.27. The topological polar surface area (TPSA) is 38.7 Å². The summed E-state index contributed by atoms with van der Waals surface area (Å²) in [6.07, 6.45) is 15.7. The van der Waals surface area contributed by atoms with E-state index >= 15 is 0 Å². The molecule has 0 radical (unpaired) electrons. The van der Waals surface area contributed by atoms with Gasteiger partial charge in [0, 0.05) is 18.3 Å². The van der Waals surface area contributed by atoms with E-state index in [9.17, 15) is 5.11 Å². The van der Waals surface area contributed by atoms with Gasteiger partial charge >= 0.3 is 0 Å². The van der Waals surface area contributed by atoms with Crippen molar-refractivity contribution in [3.63, 3.8) is 0 Å². The molecule has 3 spiro atoms. The molecule has 4 aliphatic carbocycles. The van der Waals surface area contributed by atoms with Crippen LogP contribution in [0, 0.1) is 23.2 Å². The minimum Gasteiger partial charge on any atom is -0.365 e. The summed E-state index contributed by atoms with van der Waals surface area (Å²) in [5.41, 5.74) is -0.168. The largest absolute Gasteiger partial charge is 0.365 e. The number of hydrogen-bond acceptors (Lipinski definition) is 3. The highest BCUT2D eigenvalue weighted by atomic mass is 16.8. The lowest BCUT2D eigenvalue weighted by Crippen LogP contribution is -2.85. The summed E-state index contributed by atoms with van der Waals surface area (Å²) in [7, 11) is 0. The third-order valence-electron chi connectivity index (χ3n) is 9.01. The fourth-order valence-electron chi connectivity index (χ4n) is 8.27. The van der Waals surface area contributed by atoms with E-state index in [4.69, 9.17) is 9.47 Å². The Labute approximate surface area is 139 Å². The van der Waals surface area contributed by atoms with Crippen LogP contribution in [-0.2, 0) is 9.47 Å². The molecule has 0 unspecified atom stereocenters. The molecule has 1 N–H and O–H groups in total. The molecule has 3 heteroatoms. The summed E-state index contributed by atoms with van der Waals surface area (Å²) in [6, 6.07) is 0. The van der Waals surface area contributed by atoms with E-state index < -0.39 is 11.6 Å². The van der Waals surface area contributed by atoms with Gasteiger partial charge in [0.15, 0.2) is 11.6 Å². The normalized spacial score (nSPS) is 63.3. The monoisotopic (exact) mass is 318 g/mol. The maximum Gasteiger partial charge on any atom is 0.180 e. The van der Waals surface area contributed by atoms with E-state index in [-0.39, 0.29) is 11.0 Å². The lowest BCUT2D eigenvalue weighted by Gasteiger charge is -2.79. The van der Waals surface area contributed by atoms with Crippen molar-refractivity contribution in [1.29, 1.82) is 0 Å². The van der Waals surface area contributed by atoms with E-state index in [1.54, 1.807) is 0 Å². The minimum atomic E-state index is -0.884. The number of hydrogen-bond donors (Lipinski definition) is 1. The lowest BCUT2D eigenvalue weighted by molar-refractivity contribution is -0.565. The highest BCUT2D eigenvalue weighted by molar-refractivity contribution is 5.25. The second-order valence-electron chi connectivity index (χ2n) is 9.60. The van der Waals surface area contributed by atoms with Crippen LogP contribution in [-0.4, -0.2) is 22.3 Å². The Morgan fingerprint density at radius 3 is 2.43 bits per heavy atom. The lowest BCUT2D eigenvalue weighted by atomic mass is 9.40. The SMILES string of the molecule is O[C@]12O[C@@]34CCCC[C@H]3C[C@@]13CCC[C@H]2C[C@@H]1CCCC[C@@]13O4. The van der Waals surface area contributed by atoms with Crippen molar-refractivity contribution in [2.45, 2.75) is 101 Å². The molecule has 0 aromatic rings. The summed E-state index contributed by atoms with van der Waals surface area (Å²) < 4.78 is 13.8. The van der Waals surface area contributed by atoms with Gasteiger partial charge in [0.1, 0.15) is 0 Å². The molecule has 4 saturated carbocycles. The zero-order valence-corrected chi connectivity index (χ0v) is 14.2. The van der Waals surface area contributed by atoms with Crippen molar-refractivity contribution in [2.24, 2.45) is 23.2 Å². The molecule has 3 nitrogen and oxygen atoms in total. The van der Waals surface area contributed by atoms with Gasteiger partial charge in [0.2, 0.25) is 0 Å². The van der Waals surface area contributed by atoms with Crippen LogP contribution in [0.1, 0.15) is 83.5 Å². The van der Waals surface area contributed by atoms with Crippen molar-refractivity contribution < 1.29 is 14.6 Å². The van der Waals surface area contributed by atoms with Crippen LogP contribution in [0.3, 0.4) is 0 Å². The molecule has 0 amide bonds. The van der Waals surface area contributed by atoms with Crippen LogP contribution in [0.25, 0.3) is 0 Å². The maximum absolute atomic E-state index is 11.9. The number of rotatable bonds is 0. The zero-order valence-electron chi connectivity index (χ0n) is 14.2. The maximum atomic E-state index is 11.9. The van der Waals surface area contributed by atoms with Crippen molar-refractivity contribution in [3.05, 3.63) is 0 Å². The average molecular weight is 318 g/mol. The van der Waals surface area contributed by atoms with Gasteiger partial charge < -0.3 is 14.6 Å². The molecule has 128 valence electrons. The summed E-state index contributed by atoms with van der Waals surface area (Å²) >= 11 is 0. The minimum absolute atomic E-state index is 0.0665. The first kappa shape index (κ1) is 14.1. The summed E-state index contributed by atoms with van der Waals surface area (Å²) in [6.45, 7) is 0. The second-order valence-corrected chi connectivity index (χ2v) is 9.60. The molecule has 5 bridgehead atoms. The predicted octanol–water partition coefficient (Wildman–Crippen LogP) is 4.13. The Bertz CT molecular complexity index is 549. The van der Waals surface area contributed by atoms with Gasteiger partial charge in [-0.3, -0.25) is 0 Å². The van der Waals surface area contributed by atoms with Gasteiger partial charge in [-0.1, -0.05) is 25.7 Å². The predicted molar refractivity (Wildman–Crippen MR) is 85.5 cm³/mol. The van der Waals surface area contributed by atoms with Gasteiger partial charge in [0.25, 0.3) is 0 Å². The van der Waals surface area contributed by atoms with Crippen molar-refractivity contribution in [2.75, 3.05) is 0 Å². The van der Waals surface area contributed by atoms with E-state index in [2.05, 4.69) is 0 Å². The van der Waals surface area contributed by atoms with Gasteiger partial charge in [-0.25, -0.2) is 0 Å². The van der Waals surface area contributed by atoms with Crippen molar-refractivity contribution in [1.82, 2.24) is 0 Å². The third kappa shape index (κ3) is 1.36. The Hall–Kier alpha value is -0.120. The Kier molecular flexibility index (Phi) is 2.55. The van der Waals surface area contributed by atoms with Crippen molar-refractivity contribution >= 4 is 0 Å². The molecule has 0 aromatic carbocycles. The Balaban J connectivity index is 1.58. The molecule has 7 rings (SSSR count). The van der Waals surface area contributed by atoms with E-state index in [0.717, 1.165) is 25.7 Å². The standard InChI is InChI=1S/C20H30O3/c21-20-15-8-5-9-17(20)13-16-7-2-4-11-19(16,23-20)22-18(17)10-3-1-6-14(18)12-15/h14-16,21H,1-13H2/t14-,15-,16-,17+,18+,19-,20+/m0/s1. The second kappa shape index (κ2) is 4.16. The van der Waals surface area contributed by atoms with Gasteiger partial charge in [0.05, 0.1) is 11.0 Å². The first-order valence-corrected chi connectivity index (χ1v) is 10.3. The molecule has 7 aliphatic rings. The molecule has 7 atom stereocenters.